The molecule has 0 aliphatic carbocycles. The Bertz CT molecular complexity index is 344. The number of hydrogen-bond donors (Lipinski definition) is 0. The van der Waals surface area contributed by atoms with Gasteiger partial charge in [0.15, 0.2) is 0 Å². The first-order valence-corrected chi connectivity index (χ1v) is 7.05. The zero-order valence-corrected chi connectivity index (χ0v) is 12.8. The second-order valence-corrected chi connectivity index (χ2v) is 6.23. The normalized spacial score (nSPS) is 30.1. The fraction of sp³-hybridized carbons (Fsp3) is 0.923. The van der Waals surface area contributed by atoms with Gasteiger partial charge in [0.05, 0.1) is 17.0 Å². The number of rotatable bonds is 4. The zero-order valence-electron chi connectivity index (χ0n) is 12.8. The van der Waals surface area contributed by atoms with Gasteiger partial charge in [-0.3, -0.25) is 5.01 Å². The van der Waals surface area contributed by atoms with Crippen molar-refractivity contribution in [2.45, 2.75) is 64.8 Å². The minimum Gasteiger partial charge on any atom is -0.403 e. The maximum absolute atomic E-state index is 6.06. The van der Waals surface area contributed by atoms with E-state index in [1.807, 2.05) is 25.1 Å². The molecule has 2 atom stereocenters. The molecular weight excluding hydrogens is 243 g/mol. The summed E-state index contributed by atoms with van der Waals surface area (Å²) in [6, 6.07) is 0. The van der Waals surface area contributed by atoms with Crippen molar-refractivity contribution in [3.63, 3.8) is 0 Å². The highest BCUT2D eigenvalue weighted by atomic mass is 16.7. The van der Waals surface area contributed by atoms with Gasteiger partial charge in [0.2, 0.25) is 0 Å². The highest BCUT2D eigenvalue weighted by molar-refractivity contribution is 6.52. The molecule has 108 valence electrons. The minimum absolute atomic E-state index is 0.00586. The summed E-state index contributed by atoms with van der Waals surface area (Å²) in [6.45, 7) is 13.7. The molecule has 2 aliphatic rings. The third kappa shape index (κ3) is 2.80. The lowest BCUT2D eigenvalue weighted by Crippen LogP contribution is -2.41. The topological polar surface area (TPSA) is 43.3 Å². The smallest absolute Gasteiger partial charge is 0.403 e. The fourth-order valence-corrected chi connectivity index (χ4v) is 2.27. The van der Waals surface area contributed by atoms with Crippen LogP contribution in [0.2, 0.25) is 5.82 Å². The van der Waals surface area contributed by atoms with Gasteiger partial charge in [-0.2, -0.15) is 5.10 Å². The quantitative estimate of drug-likeness (QED) is 0.733. The molecule has 2 aliphatic heterocycles. The van der Waals surface area contributed by atoms with Gasteiger partial charge in [0.1, 0.15) is 6.23 Å². The summed E-state index contributed by atoms with van der Waals surface area (Å²) >= 11 is 0. The number of hydrogen-bond acceptors (Lipinski definition) is 5. The minimum atomic E-state index is -0.287. The van der Waals surface area contributed by atoms with E-state index in [4.69, 9.17) is 14.0 Å². The molecule has 0 amide bonds. The molecule has 0 bridgehead atoms. The Morgan fingerprint density at radius 3 is 2.47 bits per heavy atom. The first-order chi connectivity index (χ1) is 8.77. The summed E-state index contributed by atoms with van der Waals surface area (Å²) in [7, 11) is -0.229. The molecule has 0 N–H and O–H groups in total. The first kappa shape index (κ1) is 14.8. The molecule has 6 heteroatoms. The average Bonchev–Trinajstić information content (AvgIpc) is 2.83. The summed E-state index contributed by atoms with van der Waals surface area (Å²) in [5, 5.41) is 6.34. The Hall–Kier alpha value is -0.585. The van der Waals surface area contributed by atoms with E-state index >= 15 is 0 Å². The lowest BCUT2D eigenvalue weighted by molar-refractivity contribution is -0.0360. The fourth-order valence-electron chi connectivity index (χ4n) is 2.27. The van der Waals surface area contributed by atoms with E-state index in [2.05, 4.69) is 32.8 Å². The van der Waals surface area contributed by atoms with Crippen molar-refractivity contribution in [3.8, 4) is 0 Å². The van der Waals surface area contributed by atoms with E-state index in [1.165, 1.54) is 0 Å². The molecule has 0 aromatic heterocycles. The molecule has 0 saturated carbocycles. The van der Waals surface area contributed by atoms with Crippen molar-refractivity contribution in [1.82, 2.24) is 5.01 Å². The van der Waals surface area contributed by atoms with Crippen LogP contribution >= 0.6 is 0 Å². The van der Waals surface area contributed by atoms with Crippen molar-refractivity contribution in [3.05, 3.63) is 0 Å². The predicted octanol–water partition coefficient (Wildman–Crippen LogP) is 2.13. The maximum atomic E-state index is 6.06. The van der Waals surface area contributed by atoms with Crippen molar-refractivity contribution in [2.75, 3.05) is 13.2 Å². The van der Waals surface area contributed by atoms with Gasteiger partial charge in [0, 0.05) is 19.4 Å². The number of nitrogens with zero attached hydrogens (tertiary/aromatic N) is 2. The SMILES string of the molecule is CCOC(C)N1CC(B2OC(C)(C)C(C)(C)O2)C=N1. The van der Waals surface area contributed by atoms with Gasteiger partial charge in [-0.15, -0.1) is 0 Å². The highest BCUT2D eigenvalue weighted by Crippen LogP contribution is 2.40. The molecule has 5 nitrogen and oxygen atoms in total. The first-order valence-electron chi connectivity index (χ1n) is 7.05. The molecule has 0 radical (unpaired) electrons. The summed E-state index contributed by atoms with van der Waals surface area (Å²) in [5.74, 6) is 0.156. The third-order valence-electron chi connectivity index (χ3n) is 4.25. The zero-order chi connectivity index (χ0) is 14.3. The van der Waals surface area contributed by atoms with E-state index < -0.39 is 0 Å². The van der Waals surface area contributed by atoms with Gasteiger partial charge in [-0.25, -0.2) is 0 Å². The van der Waals surface area contributed by atoms with Crippen LogP contribution in [0.3, 0.4) is 0 Å². The van der Waals surface area contributed by atoms with Crippen LogP contribution in [0.1, 0.15) is 41.5 Å². The van der Waals surface area contributed by atoms with Crippen molar-refractivity contribution >= 4 is 13.3 Å². The highest BCUT2D eigenvalue weighted by Gasteiger charge is 2.54. The van der Waals surface area contributed by atoms with E-state index in [0.717, 1.165) is 6.54 Å². The molecule has 0 spiro atoms. The van der Waals surface area contributed by atoms with Gasteiger partial charge in [-0.05, 0) is 41.5 Å². The van der Waals surface area contributed by atoms with Crippen LogP contribution in [0.25, 0.3) is 0 Å². The Balaban J connectivity index is 1.95. The van der Waals surface area contributed by atoms with E-state index in [9.17, 15) is 0 Å². The summed E-state index contributed by atoms with van der Waals surface area (Å²) in [5.41, 5.74) is -0.574. The van der Waals surface area contributed by atoms with Crippen LogP contribution in [0.15, 0.2) is 5.10 Å². The lowest BCUT2D eigenvalue weighted by atomic mass is 9.73. The molecule has 0 aromatic carbocycles. The number of hydrazone groups is 1. The Morgan fingerprint density at radius 2 is 1.95 bits per heavy atom. The van der Waals surface area contributed by atoms with E-state index in [1.54, 1.807) is 0 Å². The summed E-state index contributed by atoms with van der Waals surface area (Å²) < 4.78 is 17.7. The van der Waals surface area contributed by atoms with Crippen LogP contribution in [-0.2, 0) is 14.0 Å². The second kappa shape index (κ2) is 5.07. The van der Waals surface area contributed by atoms with E-state index in [-0.39, 0.29) is 30.4 Å². The molecule has 19 heavy (non-hydrogen) atoms. The number of ether oxygens (including phenoxy) is 1. The molecule has 1 saturated heterocycles. The maximum Gasteiger partial charge on any atom is 0.468 e. The predicted molar refractivity (Wildman–Crippen MR) is 76.1 cm³/mol. The van der Waals surface area contributed by atoms with Crippen molar-refractivity contribution in [1.29, 1.82) is 0 Å². The van der Waals surface area contributed by atoms with Gasteiger partial charge in [-0.1, -0.05) is 0 Å². The van der Waals surface area contributed by atoms with Gasteiger partial charge >= 0.3 is 7.12 Å². The monoisotopic (exact) mass is 268 g/mol. The lowest BCUT2D eigenvalue weighted by Gasteiger charge is -2.32. The Morgan fingerprint density at radius 1 is 1.37 bits per heavy atom. The van der Waals surface area contributed by atoms with Crippen LogP contribution < -0.4 is 0 Å². The van der Waals surface area contributed by atoms with Crippen LogP contribution in [0, 0.1) is 0 Å². The molecule has 2 rings (SSSR count). The van der Waals surface area contributed by atoms with Crippen LogP contribution in [0.5, 0.6) is 0 Å². The Labute approximate surface area is 116 Å². The summed E-state index contributed by atoms with van der Waals surface area (Å²) in [6.07, 6.45) is 1.91. The molecule has 2 unspecified atom stereocenters. The molecule has 0 aromatic rings. The van der Waals surface area contributed by atoms with Crippen LogP contribution in [-0.4, -0.2) is 48.9 Å². The average molecular weight is 268 g/mol. The molecular formula is C13H25BN2O3. The largest absolute Gasteiger partial charge is 0.468 e. The standard InChI is InChI=1S/C13H25BN2O3/c1-7-17-10(2)16-9-11(8-15-16)14-18-12(3,4)13(5,6)19-14/h8,10-11H,7,9H2,1-6H3. The van der Waals surface area contributed by atoms with Crippen molar-refractivity contribution in [2.24, 2.45) is 5.10 Å². The Kier molecular flexibility index (Phi) is 3.96. The molecule has 1 fully saturated rings. The van der Waals surface area contributed by atoms with E-state index in [0.29, 0.717) is 6.61 Å². The van der Waals surface area contributed by atoms with Gasteiger partial charge in [0.25, 0.3) is 0 Å². The van der Waals surface area contributed by atoms with Gasteiger partial charge < -0.3 is 14.0 Å². The van der Waals surface area contributed by atoms with Crippen LogP contribution in [0.4, 0.5) is 0 Å². The van der Waals surface area contributed by atoms with Crippen molar-refractivity contribution < 1.29 is 14.0 Å². The molecule has 2 heterocycles. The second-order valence-electron chi connectivity index (χ2n) is 6.23. The summed E-state index contributed by atoms with van der Waals surface area (Å²) in [4.78, 5) is 0. The third-order valence-corrected chi connectivity index (χ3v) is 4.25.